The molecule has 0 saturated carbocycles. The monoisotopic (exact) mass is 349 g/mol. The summed E-state index contributed by atoms with van der Waals surface area (Å²) in [4.78, 5) is 11.7. The molecule has 7 heteroatoms. The van der Waals surface area contributed by atoms with Gasteiger partial charge in [0.25, 0.3) is 0 Å². The summed E-state index contributed by atoms with van der Waals surface area (Å²) >= 11 is 7.41. The lowest BCUT2D eigenvalue weighted by molar-refractivity contribution is -0.133. The third kappa shape index (κ3) is 4.19. The second kappa shape index (κ2) is 7.41. The van der Waals surface area contributed by atoms with Gasteiger partial charge in [-0.3, -0.25) is 5.84 Å². The summed E-state index contributed by atoms with van der Waals surface area (Å²) in [7, 11) is 0. The molecule has 120 valence electrons. The second-order valence-electron chi connectivity index (χ2n) is 4.80. The van der Waals surface area contributed by atoms with Gasteiger partial charge in [-0.05, 0) is 24.6 Å². The third-order valence-corrected chi connectivity index (χ3v) is 4.36. The Balaban J connectivity index is 2.29. The minimum absolute atomic E-state index is 0.0548. The number of halogens is 1. The molecule has 0 spiro atoms. The van der Waals surface area contributed by atoms with E-state index in [0.29, 0.717) is 5.02 Å². The number of nitrogens with one attached hydrogen (secondary N) is 1. The first-order valence-electron chi connectivity index (χ1n) is 6.66. The Bertz CT molecular complexity index is 760. The molecular formula is C16H16ClN3O2S. The van der Waals surface area contributed by atoms with Crippen LogP contribution in [-0.4, -0.2) is 11.1 Å². The molecule has 6 N–H and O–H groups in total. The van der Waals surface area contributed by atoms with Crippen LogP contribution >= 0.6 is 23.4 Å². The minimum atomic E-state index is -1.22. The van der Waals surface area contributed by atoms with E-state index in [2.05, 4.69) is 5.43 Å². The maximum absolute atomic E-state index is 11.0. The predicted octanol–water partition coefficient (Wildman–Crippen LogP) is 3.08. The predicted molar refractivity (Wildman–Crippen MR) is 93.7 cm³/mol. The van der Waals surface area contributed by atoms with Gasteiger partial charge in [0.1, 0.15) is 5.03 Å². The van der Waals surface area contributed by atoms with Crippen molar-refractivity contribution in [1.29, 1.82) is 0 Å². The van der Waals surface area contributed by atoms with Gasteiger partial charge >= 0.3 is 5.97 Å². The lowest BCUT2D eigenvalue weighted by atomic mass is 10.0. The van der Waals surface area contributed by atoms with Gasteiger partial charge in [-0.25, -0.2) is 4.79 Å². The fourth-order valence-corrected chi connectivity index (χ4v) is 3.11. The van der Waals surface area contributed by atoms with E-state index in [0.717, 1.165) is 27.8 Å². The highest BCUT2D eigenvalue weighted by Crippen LogP contribution is 2.33. The van der Waals surface area contributed by atoms with E-state index in [1.165, 1.54) is 5.56 Å². The molecule has 0 amide bonds. The summed E-state index contributed by atoms with van der Waals surface area (Å²) in [5.41, 5.74) is 10.7. The van der Waals surface area contributed by atoms with Crippen LogP contribution < -0.4 is 17.0 Å². The minimum Gasteiger partial charge on any atom is -0.476 e. The number of aliphatic carboxylic acids is 1. The zero-order valence-electron chi connectivity index (χ0n) is 12.3. The van der Waals surface area contributed by atoms with E-state index in [-0.39, 0.29) is 10.7 Å². The molecule has 0 aliphatic rings. The molecule has 5 nitrogen and oxygen atoms in total. The molecule has 0 unspecified atom stereocenters. The molecule has 23 heavy (non-hydrogen) atoms. The molecule has 0 heterocycles. The van der Waals surface area contributed by atoms with Gasteiger partial charge in [-0.2, -0.15) is 0 Å². The first-order chi connectivity index (χ1) is 10.9. The summed E-state index contributed by atoms with van der Waals surface area (Å²) < 4.78 is 0. The van der Waals surface area contributed by atoms with Crippen LogP contribution in [0.3, 0.4) is 0 Å². The Kier molecular flexibility index (Phi) is 5.54. The number of rotatable bonds is 5. The SMILES string of the molecule is Cc1ccc(-c2ccc(S/C(N)=C(/NN)C(=O)O)cc2Cl)cc1. The van der Waals surface area contributed by atoms with Crippen molar-refractivity contribution in [3.8, 4) is 11.1 Å². The van der Waals surface area contributed by atoms with Crippen molar-refractivity contribution in [3.63, 3.8) is 0 Å². The number of hydrogen-bond acceptors (Lipinski definition) is 5. The third-order valence-electron chi connectivity index (χ3n) is 3.14. The Labute approximate surface area is 143 Å². The lowest BCUT2D eigenvalue weighted by Gasteiger charge is -2.09. The van der Waals surface area contributed by atoms with E-state index in [9.17, 15) is 4.79 Å². The maximum atomic E-state index is 11.0. The van der Waals surface area contributed by atoms with Gasteiger partial charge in [0, 0.05) is 15.5 Å². The molecule has 0 atom stereocenters. The van der Waals surface area contributed by atoms with E-state index in [4.69, 9.17) is 28.3 Å². The molecule has 2 aromatic rings. The number of carbonyl (C=O) groups is 1. The molecule has 0 aliphatic heterocycles. The van der Waals surface area contributed by atoms with E-state index in [1.54, 1.807) is 6.07 Å². The average molecular weight is 350 g/mol. The van der Waals surface area contributed by atoms with Crippen molar-refractivity contribution in [1.82, 2.24) is 5.43 Å². The quantitative estimate of drug-likeness (QED) is 0.286. The normalized spacial score (nSPS) is 11.8. The summed E-state index contributed by atoms with van der Waals surface area (Å²) in [6.45, 7) is 2.02. The first kappa shape index (κ1) is 17.2. The molecule has 0 bridgehead atoms. The number of aryl methyl sites for hydroxylation is 1. The van der Waals surface area contributed by atoms with Crippen molar-refractivity contribution in [3.05, 3.63) is 63.8 Å². The topological polar surface area (TPSA) is 101 Å². The fourth-order valence-electron chi connectivity index (χ4n) is 1.94. The Hall–Kier alpha value is -2.15. The molecule has 0 fully saturated rings. The van der Waals surface area contributed by atoms with Crippen molar-refractivity contribution in [2.75, 3.05) is 0 Å². The van der Waals surface area contributed by atoms with Gasteiger partial charge in [0.05, 0.1) is 0 Å². The van der Waals surface area contributed by atoms with E-state index >= 15 is 0 Å². The Morgan fingerprint density at radius 3 is 2.39 bits per heavy atom. The number of carboxylic acids is 1. The average Bonchev–Trinajstić information content (AvgIpc) is 2.49. The zero-order chi connectivity index (χ0) is 17.0. The van der Waals surface area contributed by atoms with Crippen molar-refractivity contribution in [2.24, 2.45) is 11.6 Å². The number of benzene rings is 2. The molecule has 2 rings (SSSR count). The first-order valence-corrected chi connectivity index (χ1v) is 7.86. The number of hydrogen-bond donors (Lipinski definition) is 4. The van der Waals surface area contributed by atoms with Crippen LogP contribution in [0, 0.1) is 6.92 Å². The molecule has 0 aliphatic carbocycles. The van der Waals surface area contributed by atoms with Crippen LogP contribution in [0.2, 0.25) is 5.02 Å². The van der Waals surface area contributed by atoms with Crippen molar-refractivity contribution >= 4 is 29.3 Å². The van der Waals surface area contributed by atoms with E-state index in [1.807, 2.05) is 43.3 Å². The fraction of sp³-hybridized carbons (Fsp3) is 0.0625. The van der Waals surface area contributed by atoms with Gasteiger partial charge in [-0.15, -0.1) is 0 Å². The zero-order valence-corrected chi connectivity index (χ0v) is 13.9. The molecule has 0 aromatic heterocycles. The van der Waals surface area contributed by atoms with Crippen LogP contribution in [-0.2, 0) is 4.79 Å². The van der Waals surface area contributed by atoms with Crippen LogP contribution in [0.5, 0.6) is 0 Å². The number of hydrazine groups is 1. The van der Waals surface area contributed by atoms with Crippen molar-refractivity contribution in [2.45, 2.75) is 11.8 Å². The number of thioether (sulfide) groups is 1. The highest BCUT2D eigenvalue weighted by Gasteiger charge is 2.13. The van der Waals surface area contributed by atoms with Crippen LogP contribution in [0.1, 0.15) is 5.56 Å². The molecule has 0 radical (unpaired) electrons. The van der Waals surface area contributed by atoms with Gasteiger partial charge in [0.15, 0.2) is 5.70 Å². The van der Waals surface area contributed by atoms with Gasteiger partial charge in [0.2, 0.25) is 0 Å². The van der Waals surface area contributed by atoms with Crippen LogP contribution in [0.4, 0.5) is 0 Å². The van der Waals surface area contributed by atoms with Crippen molar-refractivity contribution < 1.29 is 9.90 Å². The number of nitrogens with two attached hydrogens (primary N) is 2. The van der Waals surface area contributed by atoms with Gasteiger partial charge in [-0.1, -0.05) is 59.3 Å². The highest BCUT2D eigenvalue weighted by atomic mass is 35.5. The summed E-state index contributed by atoms with van der Waals surface area (Å²) in [5, 5.41) is 9.59. The maximum Gasteiger partial charge on any atom is 0.356 e. The largest absolute Gasteiger partial charge is 0.476 e. The van der Waals surface area contributed by atoms with Gasteiger partial charge < -0.3 is 16.3 Å². The summed E-state index contributed by atoms with van der Waals surface area (Å²) in [6, 6.07) is 13.5. The van der Waals surface area contributed by atoms with Crippen LogP contribution in [0.25, 0.3) is 11.1 Å². The smallest absolute Gasteiger partial charge is 0.356 e. The Morgan fingerprint density at radius 1 is 1.22 bits per heavy atom. The Morgan fingerprint density at radius 2 is 1.87 bits per heavy atom. The number of carboxylic acid groups (broad SMARTS) is 1. The molecule has 2 aromatic carbocycles. The summed E-state index contributed by atoms with van der Waals surface area (Å²) in [6.07, 6.45) is 0. The molecule has 0 saturated heterocycles. The summed E-state index contributed by atoms with van der Waals surface area (Å²) in [5.74, 6) is 3.94. The molecular weight excluding hydrogens is 334 g/mol. The second-order valence-corrected chi connectivity index (χ2v) is 6.32. The lowest BCUT2D eigenvalue weighted by Crippen LogP contribution is -2.29. The van der Waals surface area contributed by atoms with E-state index < -0.39 is 5.97 Å². The highest BCUT2D eigenvalue weighted by molar-refractivity contribution is 8.03. The van der Waals surface area contributed by atoms with Crippen LogP contribution in [0.15, 0.2) is 58.1 Å². The standard InChI is InChI=1S/C16H16ClN3O2S/c1-9-2-4-10(5-3-9)12-7-6-11(8-13(12)17)23-15(18)14(20-19)16(21)22/h2-8,20H,18-19H2,1H3,(H,21,22)/b15-14+.